The number of anilines is 1. The number of amides is 1. The summed E-state index contributed by atoms with van der Waals surface area (Å²) in [5.74, 6) is -0.726. The average Bonchev–Trinajstić information content (AvgIpc) is 3.63. The van der Waals surface area contributed by atoms with Crippen molar-refractivity contribution in [2.24, 2.45) is 4.99 Å². The first-order valence-corrected chi connectivity index (χ1v) is 13.9. The molecule has 0 fully saturated rings. The third-order valence-corrected chi connectivity index (χ3v) is 8.69. The van der Waals surface area contributed by atoms with Gasteiger partial charge in [-0.15, -0.1) is 11.3 Å². The number of carbonyl (C=O) groups excluding carboxylic acids is 2. The minimum atomic E-state index is -0.696. The zero-order valence-corrected chi connectivity index (χ0v) is 22.3. The lowest BCUT2D eigenvalue weighted by Crippen LogP contribution is -2.40. The van der Waals surface area contributed by atoms with Crippen LogP contribution in [0.4, 0.5) is 5.69 Å². The number of hydrogen-bond acceptors (Lipinski definition) is 7. The maximum Gasteiger partial charge on any atom is 0.338 e. The summed E-state index contributed by atoms with van der Waals surface area (Å²) in [6.07, 6.45) is 0. The second-order valence-corrected chi connectivity index (χ2v) is 10.9. The highest BCUT2D eigenvalue weighted by atomic mass is 32.1. The van der Waals surface area contributed by atoms with Gasteiger partial charge in [-0.25, -0.2) is 9.79 Å². The number of hydrogen-bond donors (Lipinski definition) is 0. The van der Waals surface area contributed by atoms with Crippen LogP contribution in [0.5, 0.6) is 0 Å². The van der Waals surface area contributed by atoms with Crippen LogP contribution < -0.4 is 19.8 Å². The Morgan fingerprint density at radius 1 is 1.03 bits per heavy atom. The minimum Gasteiger partial charge on any atom is -0.457 e. The lowest BCUT2D eigenvalue weighted by Gasteiger charge is -2.23. The molecule has 0 saturated heterocycles. The normalized spacial score (nSPS) is 17.8. The van der Waals surface area contributed by atoms with Crippen LogP contribution in [-0.2, 0) is 20.9 Å². The van der Waals surface area contributed by atoms with Crippen molar-refractivity contribution in [3.63, 3.8) is 0 Å². The van der Waals surface area contributed by atoms with Crippen LogP contribution in [0.15, 0.2) is 93.2 Å². The van der Waals surface area contributed by atoms with Gasteiger partial charge in [0, 0.05) is 17.0 Å². The number of ether oxygens (including phenoxy) is 1. The molecular weight excluding hydrogens is 518 g/mol. The van der Waals surface area contributed by atoms with E-state index in [1.54, 1.807) is 11.8 Å². The average molecular weight is 542 g/mol. The summed E-state index contributed by atoms with van der Waals surface area (Å²) < 4.78 is 7.55. The fourth-order valence-corrected chi connectivity index (χ4v) is 6.92. The predicted octanol–water partition coefficient (Wildman–Crippen LogP) is 3.78. The van der Waals surface area contributed by atoms with Crippen LogP contribution in [0.25, 0.3) is 5.57 Å². The molecule has 1 amide bonds. The highest BCUT2D eigenvalue weighted by Gasteiger charge is 2.37. The largest absolute Gasteiger partial charge is 0.457 e. The van der Waals surface area contributed by atoms with E-state index in [9.17, 15) is 14.4 Å². The zero-order valence-electron chi connectivity index (χ0n) is 20.7. The van der Waals surface area contributed by atoms with Crippen LogP contribution in [0, 0.1) is 0 Å². The molecule has 190 valence electrons. The van der Waals surface area contributed by atoms with Gasteiger partial charge in [-0.3, -0.25) is 14.2 Å². The topological polar surface area (TPSA) is 81.0 Å². The first kappa shape index (κ1) is 24.3. The second kappa shape index (κ2) is 9.66. The number of thiazole rings is 1. The molecule has 2 aliphatic heterocycles. The number of benzene rings is 2. The number of rotatable bonds is 5. The number of allylic oxidation sites excluding steroid dienone is 1. The summed E-state index contributed by atoms with van der Waals surface area (Å²) in [5, 5.41) is 1.91. The monoisotopic (exact) mass is 541 g/mol. The van der Waals surface area contributed by atoms with Crippen LogP contribution in [0.3, 0.4) is 0 Å². The number of thiophene rings is 1. The van der Waals surface area contributed by atoms with Crippen molar-refractivity contribution in [1.29, 1.82) is 0 Å². The van der Waals surface area contributed by atoms with E-state index in [1.807, 2.05) is 79.0 Å². The number of aromatic nitrogens is 1. The molecule has 0 unspecified atom stereocenters. The van der Waals surface area contributed by atoms with E-state index in [1.165, 1.54) is 27.2 Å². The molecule has 9 heteroatoms. The first-order valence-electron chi connectivity index (χ1n) is 12.2. The molecule has 0 aliphatic carbocycles. The number of likely N-dealkylation sites (N-methyl/N-ethyl adjacent to an activating group) is 1. The molecule has 4 heterocycles. The smallest absolute Gasteiger partial charge is 0.338 e. The first-order chi connectivity index (χ1) is 18.5. The van der Waals surface area contributed by atoms with Gasteiger partial charge in [0.25, 0.3) is 11.5 Å². The summed E-state index contributed by atoms with van der Waals surface area (Å²) in [4.78, 5) is 48.6. The van der Waals surface area contributed by atoms with Crippen molar-refractivity contribution >= 4 is 45.8 Å². The molecule has 0 bridgehead atoms. The summed E-state index contributed by atoms with van der Waals surface area (Å²) >= 11 is 2.64. The van der Waals surface area contributed by atoms with E-state index >= 15 is 0 Å². The van der Waals surface area contributed by atoms with E-state index in [4.69, 9.17) is 4.74 Å². The summed E-state index contributed by atoms with van der Waals surface area (Å²) in [5.41, 5.74) is 3.24. The molecule has 6 rings (SSSR count). The fourth-order valence-electron chi connectivity index (χ4n) is 4.96. The molecule has 2 aliphatic rings. The number of carbonyl (C=O) groups is 2. The van der Waals surface area contributed by atoms with Gasteiger partial charge in [0.15, 0.2) is 4.80 Å². The maximum atomic E-state index is 14.1. The molecule has 2 aromatic carbocycles. The van der Waals surface area contributed by atoms with E-state index < -0.39 is 12.0 Å². The lowest BCUT2D eigenvalue weighted by molar-refractivity contribution is -0.140. The Labute approximate surface area is 226 Å². The van der Waals surface area contributed by atoms with E-state index in [-0.39, 0.29) is 18.1 Å². The quantitative estimate of drug-likeness (QED) is 0.360. The zero-order chi connectivity index (χ0) is 26.4. The Morgan fingerprint density at radius 2 is 1.79 bits per heavy atom. The molecule has 1 atom stereocenters. The summed E-state index contributed by atoms with van der Waals surface area (Å²) in [6.45, 7) is 4.27. The third-order valence-electron chi connectivity index (χ3n) is 6.71. The standard InChI is InChI=1S/C29H23N3O4S2/c1-3-31-20-13-8-7-12-19(20)23(26(31)33)25-27(34)32-24(21-14-9-15-37-21)22(17(2)30-29(32)38-25)28(35)36-16-18-10-5-4-6-11-18/h4-15,24H,3,16H2,1-2H3/b25-23-/t24-/m1/s1. The van der Waals surface area contributed by atoms with Crippen molar-refractivity contribution in [3.05, 3.63) is 119 Å². The molecule has 2 aromatic heterocycles. The number of fused-ring (bicyclic) bond motifs is 2. The Kier molecular flexibility index (Phi) is 6.17. The van der Waals surface area contributed by atoms with Crippen molar-refractivity contribution in [3.8, 4) is 0 Å². The van der Waals surface area contributed by atoms with Gasteiger partial charge >= 0.3 is 5.97 Å². The molecule has 0 N–H and O–H groups in total. The highest BCUT2D eigenvalue weighted by molar-refractivity contribution is 7.10. The van der Waals surface area contributed by atoms with Gasteiger partial charge in [0.1, 0.15) is 17.2 Å². The third kappa shape index (κ3) is 3.86. The van der Waals surface area contributed by atoms with Crippen molar-refractivity contribution in [1.82, 2.24) is 4.57 Å². The Bertz CT molecular complexity index is 1780. The van der Waals surface area contributed by atoms with Crippen LogP contribution in [-0.4, -0.2) is 23.0 Å². The Balaban J connectivity index is 1.51. The molecule has 0 spiro atoms. The molecule has 0 saturated carbocycles. The minimum absolute atomic E-state index is 0.111. The number of para-hydroxylation sites is 1. The van der Waals surface area contributed by atoms with Crippen LogP contribution >= 0.6 is 22.7 Å². The van der Waals surface area contributed by atoms with E-state index in [2.05, 4.69) is 4.99 Å². The predicted molar refractivity (Wildman–Crippen MR) is 148 cm³/mol. The molecule has 38 heavy (non-hydrogen) atoms. The van der Waals surface area contributed by atoms with Crippen LogP contribution in [0.2, 0.25) is 0 Å². The van der Waals surface area contributed by atoms with Gasteiger partial charge in [0.2, 0.25) is 0 Å². The lowest BCUT2D eigenvalue weighted by atomic mass is 10.0. The van der Waals surface area contributed by atoms with Gasteiger partial charge in [0.05, 0.1) is 22.5 Å². The van der Waals surface area contributed by atoms with Crippen molar-refractivity contribution in [2.45, 2.75) is 26.5 Å². The number of esters is 1. The Hall–Kier alpha value is -4.08. The van der Waals surface area contributed by atoms with Gasteiger partial charge < -0.3 is 9.64 Å². The fraction of sp³-hybridized carbons (Fsp3) is 0.172. The SMILES string of the molecule is CCN1C(=O)/C(=c2\sc3n(c2=O)[C@H](c2cccs2)C(C(=O)OCc2ccccc2)=C(C)N=3)c2ccccc21. The van der Waals surface area contributed by atoms with Gasteiger partial charge in [-0.2, -0.15) is 0 Å². The van der Waals surface area contributed by atoms with Gasteiger partial charge in [-0.1, -0.05) is 65.9 Å². The maximum absolute atomic E-state index is 14.1. The second-order valence-electron chi connectivity index (χ2n) is 8.92. The van der Waals surface area contributed by atoms with Crippen molar-refractivity contribution < 1.29 is 14.3 Å². The Morgan fingerprint density at radius 3 is 2.53 bits per heavy atom. The van der Waals surface area contributed by atoms with Crippen LogP contribution in [0.1, 0.15) is 35.9 Å². The molecule has 7 nitrogen and oxygen atoms in total. The van der Waals surface area contributed by atoms with E-state index in [0.717, 1.165) is 21.7 Å². The summed E-state index contributed by atoms with van der Waals surface area (Å²) in [7, 11) is 0. The van der Waals surface area contributed by atoms with Gasteiger partial charge in [-0.05, 0) is 36.9 Å². The number of nitrogens with zero attached hydrogens (tertiary/aromatic N) is 3. The van der Waals surface area contributed by atoms with E-state index in [0.29, 0.717) is 32.7 Å². The molecule has 0 radical (unpaired) electrons. The summed E-state index contributed by atoms with van der Waals surface area (Å²) in [6, 6.07) is 20.0. The van der Waals surface area contributed by atoms with Crippen molar-refractivity contribution in [2.75, 3.05) is 11.4 Å². The molecule has 4 aromatic rings. The highest BCUT2D eigenvalue weighted by Crippen LogP contribution is 2.36. The molecular formula is C29H23N3O4S2.